The van der Waals surface area contributed by atoms with Crippen molar-refractivity contribution >= 4 is 29.0 Å². The molecule has 4 aromatic rings. The van der Waals surface area contributed by atoms with Crippen molar-refractivity contribution in [3.8, 4) is 11.5 Å². The van der Waals surface area contributed by atoms with Crippen LogP contribution >= 0.6 is 12.2 Å². The molecule has 7 nitrogen and oxygen atoms in total. The summed E-state index contributed by atoms with van der Waals surface area (Å²) in [7, 11) is 0. The van der Waals surface area contributed by atoms with E-state index in [1.54, 1.807) is 12.1 Å². The molecule has 0 radical (unpaired) electrons. The number of benzene rings is 3. The average Bonchev–Trinajstić information content (AvgIpc) is 3.33. The summed E-state index contributed by atoms with van der Waals surface area (Å²) in [5, 5.41) is 0.482. The van der Waals surface area contributed by atoms with Crippen molar-refractivity contribution in [3.63, 3.8) is 0 Å². The number of aromatic nitrogens is 2. The van der Waals surface area contributed by atoms with Gasteiger partial charge >= 0.3 is 0 Å². The first-order valence-corrected chi connectivity index (χ1v) is 11.5. The van der Waals surface area contributed by atoms with E-state index in [-0.39, 0.29) is 18.3 Å². The second-order valence-corrected chi connectivity index (χ2v) is 8.90. The highest BCUT2D eigenvalue weighted by atomic mass is 32.1. The van der Waals surface area contributed by atoms with E-state index < -0.39 is 0 Å². The van der Waals surface area contributed by atoms with Gasteiger partial charge in [-0.25, -0.2) is 0 Å². The summed E-state index contributed by atoms with van der Waals surface area (Å²) in [6.45, 7) is 1.76. The van der Waals surface area contributed by atoms with Crippen molar-refractivity contribution in [1.82, 2.24) is 14.5 Å². The SMILES string of the molecule is O=C(c1ccc(Cn2c(=S)[nH]c3cc4c(cc3c2=O)OCO4)cc1)N1CCc2ccccc2C1. The Kier molecular flexibility index (Phi) is 4.95. The fourth-order valence-corrected chi connectivity index (χ4v) is 4.83. The Morgan fingerprint density at radius 1 is 1.00 bits per heavy atom. The molecule has 0 atom stereocenters. The molecule has 1 aromatic heterocycles. The van der Waals surface area contributed by atoms with Gasteiger partial charge in [-0.3, -0.25) is 14.2 Å². The molecule has 0 aliphatic carbocycles. The second kappa shape index (κ2) is 8.14. The van der Waals surface area contributed by atoms with Crippen LogP contribution in [0.25, 0.3) is 10.9 Å². The maximum Gasteiger partial charge on any atom is 0.262 e. The van der Waals surface area contributed by atoms with Crippen LogP contribution in [0.3, 0.4) is 0 Å². The lowest BCUT2D eigenvalue weighted by Crippen LogP contribution is -2.35. The van der Waals surface area contributed by atoms with Gasteiger partial charge < -0.3 is 19.4 Å². The smallest absolute Gasteiger partial charge is 0.262 e. The highest BCUT2D eigenvalue weighted by Crippen LogP contribution is 2.34. The number of nitrogens with zero attached hydrogens (tertiary/aromatic N) is 2. The van der Waals surface area contributed by atoms with Crippen LogP contribution in [0.5, 0.6) is 11.5 Å². The van der Waals surface area contributed by atoms with Gasteiger partial charge in [-0.1, -0.05) is 36.4 Å². The summed E-state index contributed by atoms with van der Waals surface area (Å²) >= 11 is 5.45. The molecule has 2 aliphatic heterocycles. The standard InChI is InChI=1S/C26H21N3O4S/c30-24(28-10-9-17-3-1-2-4-19(17)14-28)18-7-5-16(6-8-18)13-29-25(31)20-11-22-23(33-15-32-22)12-21(20)27-26(29)34/h1-8,11-12H,9-10,13-15H2,(H,27,34). The molecule has 34 heavy (non-hydrogen) atoms. The molecule has 1 N–H and O–H groups in total. The quantitative estimate of drug-likeness (QED) is 0.457. The van der Waals surface area contributed by atoms with E-state index in [0.29, 0.717) is 52.4 Å². The number of fused-ring (bicyclic) bond motifs is 3. The van der Waals surface area contributed by atoms with Crippen LogP contribution in [0, 0.1) is 4.77 Å². The zero-order valence-electron chi connectivity index (χ0n) is 18.2. The van der Waals surface area contributed by atoms with Crippen LogP contribution in [0.4, 0.5) is 0 Å². The van der Waals surface area contributed by atoms with Crippen molar-refractivity contribution in [3.05, 3.63) is 98.0 Å². The Morgan fingerprint density at radius 2 is 1.74 bits per heavy atom. The molecule has 0 fully saturated rings. The van der Waals surface area contributed by atoms with Gasteiger partial charge in [-0.2, -0.15) is 0 Å². The Balaban J connectivity index is 1.24. The van der Waals surface area contributed by atoms with E-state index in [1.165, 1.54) is 15.7 Å². The molecule has 0 bridgehead atoms. The van der Waals surface area contributed by atoms with Gasteiger partial charge in [0.2, 0.25) is 6.79 Å². The molecule has 8 heteroatoms. The Morgan fingerprint density at radius 3 is 2.53 bits per heavy atom. The number of H-pyrrole nitrogens is 1. The van der Waals surface area contributed by atoms with Crippen LogP contribution in [0.15, 0.2) is 65.5 Å². The Labute approximate surface area is 200 Å². The maximum atomic E-state index is 13.2. The first-order valence-electron chi connectivity index (χ1n) is 11.1. The van der Waals surface area contributed by atoms with Gasteiger partial charge in [0.05, 0.1) is 17.4 Å². The monoisotopic (exact) mass is 471 g/mol. The molecular weight excluding hydrogens is 450 g/mol. The predicted octanol–water partition coefficient (Wildman–Crippen LogP) is 4.03. The van der Waals surface area contributed by atoms with Crippen molar-refractivity contribution < 1.29 is 14.3 Å². The normalized spacial score (nSPS) is 14.3. The first kappa shape index (κ1) is 20.7. The van der Waals surface area contributed by atoms with Crippen LogP contribution in [-0.2, 0) is 19.5 Å². The summed E-state index contributed by atoms with van der Waals surface area (Å²) in [6, 6.07) is 19.0. The lowest BCUT2D eigenvalue weighted by atomic mass is 9.99. The predicted molar refractivity (Wildman–Crippen MR) is 130 cm³/mol. The third-order valence-electron chi connectivity index (χ3n) is 6.43. The van der Waals surface area contributed by atoms with Gasteiger partial charge in [0, 0.05) is 24.7 Å². The third-order valence-corrected chi connectivity index (χ3v) is 6.76. The summed E-state index contributed by atoms with van der Waals surface area (Å²) in [5.41, 5.74) is 4.42. The number of amides is 1. The van der Waals surface area contributed by atoms with Gasteiger partial charge in [-0.15, -0.1) is 0 Å². The first-order chi connectivity index (χ1) is 16.6. The minimum atomic E-state index is -0.204. The number of rotatable bonds is 3. The fraction of sp³-hybridized carbons (Fsp3) is 0.192. The number of carbonyl (C=O) groups is 1. The Hall–Kier alpha value is -3.91. The molecule has 0 saturated carbocycles. The topological polar surface area (TPSA) is 76.6 Å². The number of hydrogen-bond acceptors (Lipinski definition) is 5. The van der Waals surface area contributed by atoms with Crippen LogP contribution in [-0.4, -0.2) is 33.7 Å². The lowest BCUT2D eigenvalue weighted by molar-refractivity contribution is 0.0734. The average molecular weight is 472 g/mol. The summed E-state index contributed by atoms with van der Waals surface area (Å²) < 4.78 is 12.6. The minimum Gasteiger partial charge on any atom is -0.454 e. The fourth-order valence-electron chi connectivity index (χ4n) is 4.57. The minimum absolute atomic E-state index is 0.0114. The molecule has 3 aromatic carbocycles. The largest absolute Gasteiger partial charge is 0.454 e. The molecule has 0 unspecified atom stereocenters. The zero-order chi connectivity index (χ0) is 23.2. The van der Waals surface area contributed by atoms with Crippen LogP contribution < -0.4 is 15.0 Å². The number of nitrogens with one attached hydrogen (secondary N) is 1. The second-order valence-electron chi connectivity index (χ2n) is 8.51. The maximum absolute atomic E-state index is 13.2. The summed E-state index contributed by atoms with van der Waals surface area (Å²) in [4.78, 5) is 31.2. The number of hydrogen-bond donors (Lipinski definition) is 1. The van der Waals surface area contributed by atoms with E-state index in [0.717, 1.165) is 12.0 Å². The van der Waals surface area contributed by atoms with E-state index in [9.17, 15) is 9.59 Å². The molecule has 1 amide bonds. The van der Waals surface area contributed by atoms with Crippen molar-refractivity contribution in [2.24, 2.45) is 0 Å². The van der Waals surface area contributed by atoms with Crippen molar-refractivity contribution in [2.75, 3.05) is 13.3 Å². The van der Waals surface area contributed by atoms with E-state index in [1.807, 2.05) is 41.3 Å². The number of aromatic amines is 1. The van der Waals surface area contributed by atoms with Gasteiger partial charge in [-0.05, 0) is 53.5 Å². The highest BCUT2D eigenvalue weighted by molar-refractivity contribution is 7.71. The molecular formula is C26H21N3O4S. The molecule has 0 saturated heterocycles. The van der Waals surface area contributed by atoms with Gasteiger partial charge in [0.25, 0.3) is 11.5 Å². The number of ether oxygens (including phenoxy) is 2. The van der Waals surface area contributed by atoms with E-state index in [2.05, 4.69) is 17.1 Å². The zero-order valence-corrected chi connectivity index (χ0v) is 19.1. The van der Waals surface area contributed by atoms with Crippen LogP contribution in [0.2, 0.25) is 0 Å². The molecule has 3 heterocycles. The molecule has 2 aliphatic rings. The van der Waals surface area contributed by atoms with Crippen molar-refractivity contribution in [1.29, 1.82) is 0 Å². The van der Waals surface area contributed by atoms with Crippen molar-refractivity contribution in [2.45, 2.75) is 19.5 Å². The summed E-state index contributed by atoms with van der Waals surface area (Å²) in [5.74, 6) is 1.15. The van der Waals surface area contributed by atoms with E-state index >= 15 is 0 Å². The number of carbonyl (C=O) groups excluding carboxylic acids is 1. The van der Waals surface area contributed by atoms with Gasteiger partial charge in [0.1, 0.15) is 0 Å². The Bertz CT molecular complexity index is 1560. The molecule has 0 spiro atoms. The molecule has 6 rings (SSSR count). The molecule has 170 valence electrons. The van der Waals surface area contributed by atoms with E-state index in [4.69, 9.17) is 21.7 Å². The third kappa shape index (κ3) is 3.56. The highest BCUT2D eigenvalue weighted by Gasteiger charge is 2.22. The lowest BCUT2D eigenvalue weighted by Gasteiger charge is -2.29. The van der Waals surface area contributed by atoms with Gasteiger partial charge in [0.15, 0.2) is 16.3 Å². The summed E-state index contributed by atoms with van der Waals surface area (Å²) in [6.07, 6.45) is 0.864. The van der Waals surface area contributed by atoms with Crippen LogP contribution in [0.1, 0.15) is 27.0 Å².